The fraction of sp³-hybridized carbons (Fsp3) is 0.750. The Morgan fingerprint density at radius 3 is 2.46 bits per heavy atom. The molecule has 0 unspecified atom stereocenters. The van der Waals surface area contributed by atoms with Crippen LogP contribution in [0.1, 0.15) is 58.8 Å². The Balaban J connectivity index is 3.17. The molecule has 0 rings (SSSR count). The van der Waals surface area contributed by atoms with Gasteiger partial charge in [-0.2, -0.15) is 0 Å². The van der Waals surface area contributed by atoms with Gasteiger partial charge in [0, 0.05) is 12.8 Å². The minimum atomic E-state index is 0.338. The second-order valence-electron chi connectivity index (χ2n) is 3.42. The van der Waals surface area contributed by atoms with E-state index >= 15 is 0 Å². The van der Waals surface area contributed by atoms with Crippen LogP contribution in [-0.2, 0) is 4.79 Å². The normalized spacial score (nSPS) is 10.9. The summed E-state index contributed by atoms with van der Waals surface area (Å²) < 4.78 is 0. The summed E-state index contributed by atoms with van der Waals surface area (Å²) in [4.78, 5) is 10.9. The first-order valence-corrected chi connectivity index (χ1v) is 5.48. The van der Waals surface area contributed by atoms with E-state index in [0.717, 1.165) is 6.42 Å². The number of hydrogen-bond donors (Lipinski definition) is 0. The van der Waals surface area contributed by atoms with Crippen LogP contribution in [-0.4, -0.2) is 5.78 Å². The number of unbranched alkanes of at least 4 members (excludes halogenated alkanes) is 4. The average molecular weight is 182 g/mol. The van der Waals surface area contributed by atoms with Crippen molar-refractivity contribution in [1.82, 2.24) is 0 Å². The molecule has 0 saturated carbocycles. The van der Waals surface area contributed by atoms with Gasteiger partial charge in [0.05, 0.1) is 0 Å². The highest BCUT2D eigenvalue weighted by Gasteiger charge is 1.91. The molecule has 0 fully saturated rings. The summed E-state index contributed by atoms with van der Waals surface area (Å²) >= 11 is 0. The van der Waals surface area contributed by atoms with Crippen LogP contribution >= 0.6 is 0 Å². The topological polar surface area (TPSA) is 17.1 Å². The lowest BCUT2D eigenvalue weighted by Crippen LogP contribution is -1.90. The molecule has 0 aromatic heterocycles. The molecule has 0 aromatic carbocycles. The second-order valence-corrected chi connectivity index (χ2v) is 3.42. The zero-order chi connectivity index (χ0) is 9.94. The molecule has 0 radical (unpaired) electrons. The van der Waals surface area contributed by atoms with Crippen molar-refractivity contribution in [3.05, 3.63) is 12.2 Å². The summed E-state index contributed by atoms with van der Waals surface area (Å²) in [5.74, 6) is 0.338. The highest BCUT2D eigenvalue weighted by Crippen LogP contribution is 2.03. The largest absolute Gasteiger partial charge is 0.299 e. The van der Waals surface area contributed by atoms with E-state index in [4.69, 9.17) is 0 Å². The van der Waals surface area contributed by atoms with Gasteiger partial charge >= 0.3 is 0 Å². The van der Waals surface area contributed by atoms with Gasteiger partial charge in [-0.3, -0.25) is 4.79 Å². The molecular weight excluding hydrogens is 160 g/mol. The van der Waals surface area contributed by atoms with E-state index in [0.29, 0.717) is 18.6 Å². The maximum atomic E-state index is 10.9. The third kappa shape index (κ3) is 9.32. The predicted octanol–water partition coefficient (Wildman–Crippen LogP) is 3.88. The highest BCUT2D eigenvalue weighted by atomic mass is 16.1. The Kier molecular flexibility index (Phi) is 9.07. The Morgan fingerprint density at radius 2 is 1.85 bits per heavy atom. The fourth-order valence-electron chi connectivity index (χ4n) is 1.17. The highest BCUT2D eigenvalue weighted by molar-refractivity contribution is 5.79. The molecule has 0 heterocycles. The van der Waals surface area contributed by atoms with Crippen molar-refractivity contribution in [2.45, 2.75) is 58.8 Å². The van der Waals surface area contributed by atoms with E-state index < -0.39 is 0 Å². The van der Waals surface area contributed by atoms with Gasteiger partial charge in [-0.1, -0.05) is 45.3 Å². The molecule has 0 bridgehead atoms. The first kappa shape index (κ1) is 12.4. The third-order valence-electron chi connectivity index (χ3n) is 2.13. The number of carbonyl (C=O) groups excluding carboxylic acids is 1. The van der Waals surface area contributed by atoms with E-state index in [9.17, 15) is 4.79 Å². The molecule has 13 heavy (non-hydrogen) atoms. The van der Waals surface area contributed by atoms with Crippen molar-refractivity contribution in [3.8, 4) is 0 Å². The van der Waals surface area contributed by atoms with E-state index in [2.05, 4.69) is 13.0 Å². The summed E-state index contributed by atoms with van der Waals surface area (Å²) in [6.45, 7) is 4.13. The molecule has 0 N–H and O–H groups in total. The SMILES string of the molecule is CCCCCCC=CCC(=O)CC. The molecule has 0 amide bonds. The summed E-state index contributed by atoms with van der Waals surface area (Å²) in [6.07, 6.45) is 11.8. The van der Waals surface area contributed by atoms with Gasteiger partial charge in [-0.05, 0) is 12.8 Å². The van der Waals surface area contributed by atoms with Crippen LogP contribution in [0.25, 0.3) is 0 Å². The van der Waals surface area contributed by atoms with E-state index in [1.165, 1.54) is 25.7 Å². The molecule has 0 spiro atoms. The molecule has 1 nitrogen and oxygen atoms in total. The summed E-state index contributed by atoms with van der Waals surface area (Å²) in [5.41, 5.74) is 0. The van der Waals surface area contributed by atoms with Crippen LogP contribution in [0.15, 0.2) is 12.2 Å². The van der Waals surface area contributed by atoms with Gasteiger partial charge < -0.3 is 0 Å². The third-order valence-corrected chi connectivity index (χ3v) is 2.13. The quantitative estimate of drug-likeness (QED) is 0.411. The molecule has 0 atom stereocenters. The number of rotatable bonds is 8. The number of Topliss-reactive ketones (excluding diaryl/α,β-unsaturated/α-hetero) is 1. The van der Waals surface area contributed by atoms with Gasteiger partial charge in [0.25, 0.3) is 0 Å². The lowest BCUT2D eigenvalue weighted by Gasteiger charge is -1.94. The molecule has 1 heteroatoms. The second kappa shape index (κ2) is 9.50. The summed E-state index contributed by atoms with van der Waals surface area (Å²) in [6, 6.07) is 0. The van der Waals surface area contributed by atoms with Crippen LogP contribution in [0.4, 0.5) is 0 Å². The van der Waals surface area contributed by atoms with Gasteiger partial charge in [0.2, 0.25) is 0 Å². The van der Waals surface area contributed by atoms with E-state index in [-0.39, 0.29) is 0 Å². The van der Waals surface area contributed by atoms with Crippen molar-refractivity contribution in [2.75, 3.05) is 0 Å². The summed E-state index contributed by atoms with van der Waals surface area (Å²) in [7, 11) is 0. The van der Waals surface area contributed by atoms with Gasteiger partial charge in [0.15, 0.2) is 0 Å². The van der Waals surface area contributed by atoms with Gasteiger partial charge in [0.1, 0.15) is 5.78 Å². The number of ketones is 1. The first-order chi connectivity index (χ1) is 6.31. The van der Waals surface area contributed by atoms with Gasteiger partial charge in [-0.25, -0.2) is 0 Å². The maximum absolute atomic E-state index is 10.9. The van der Waals surface area contributed by atoms with Crippen molar-refractivity contribution < 1.29 is 4.79 Å². The molecule has 0 saturated heterocycles. The minimum Gasteiger partial charge on any atom is -0.299 e. The van der Waals surface area contributed by atoms with Crippen LogP contribution in [0.3, 0.4) is 0 Å². The Morgan fingerprint density at radius 1 is 1.08 bits per heavy atom. The van der Waals surface area contributed by atoms with Crippen LogP contribution in [0, 0.1) is 0 Å². The Bertz CT molecular complexity index is 147. The molecule has 0 aliphatic carbocycles. The molecular formula is C12H22O. The van der Waals surface area contributed by atoms with Crippen molar-refractivity contribution in [1.29, 1.82) is 0 Å². The predicted molar refractivity (Wildman–Crippen MR) is 57.8 cm³/mol. The minimum absolute atomic E-state index is 0.338. The fourth-order valence-corrected chi connectivity index (χ4v) is 1.17. The van der Waals surface area contributed by atoms with Crippen molar-refractivity contribution >= 4 is 5.78 Å². The zero-order valence-corrected chi connectivity index (χ0v) is 9.01. The van der Waals surface area contributed by atoms with E-state index in [1.807, 2.05) is 13.0 Å². The number of allylic oxidation sites excluding steroid dienone is 2. The maximum Gasteiger partial charge on any atom is 0.136 e. The lowest BCUT2D eigenvalue weighted by molar-refractivity contribution is -0.117. The van der Waals surface area contributed by atoms with Crippen molar-refractivity contribution in [3.63, 3.8) is 0 Å². The van der Waals surface area contributed by atoms with Crippen LogP contribution in [0.2, 0.25) is 0 Å². The zero-order valence-electron chi connectivity index (χ0n) is 9.01. The average Bonchev–Trinajstić information content (AvgIpc) is 2.16. The lowest BCUT2D eigenvalue weighted by atomic mass is 10.1. The number of hydrogen-bond acceptors (Lipinski definition) is 1. The Labute approximate surface area is 82.2 Å². The standard InChI is InChI=1S/C12H22O/c1-3-5-6-7-8-9-10-11-12(13)4-2/h9-10H,3-8,11H2,1-2H3. The van der Waals surface area contributed by atoms with Crippen LogP contribution < -0.4 is 0 Å². The van der Waals surface area contributed by atoms with E-state index in [1.54, 1.807) is 0 Å². The van der Waals surface area contributed by atoms with Gasteiger partial charge in [-0.15, -0.1) is 0 Å². The van der Waals surface area contributed by atoms with Crippen molar-refractivity contribution in [2.24, 2.45) is 0 Å². The number of carbonyl (C=O) groups is 1. The monoisotopic (exact) mass is 182 g/mol. The molecule has 0 aromatic rings. The molecule has 0 aliphatic rings. The van der Waals surface area contributed by atoms with Crippen LogP contribution in [0.5, 0.6) is 0 Å². The molecule has 76 valence electrons. The summed E-state index contributed by atoms with van der Waals surface area (Å²) in [5, 5.41) is 0. The molecule has 0 aliphatic heterocycles. The Hall–Kier alpha value is -0.590. The smallest absolute Gasteiger partial charge is 0.136 e. The first-order valence-electron chi connectivity index (χ1n) is 5.48.